The predicted octanol–water partition coefficient (Wildman–Crippen LogP) is 3.49. The third kappa shape index (κ3) is 1.73. The highest BCUT2D eigenvalue weighted by atomic mass is 16.6. The van der Waals surface area contributed by atoms with Gasteiger partial charge in [-0.15, -0.1) is 0 Å². The lowest BCUT2D eigenvalue weighted by Crippen LogP contribution is -2.37. The molecule has 0 N–H and O–H groups in total. The molecule has 1 aliphatic heterocycles. The molecule has 98 valence electrons. The molecule has 0 amide bonds. The van der Waals surface area contributed by atoms with E-state index in [-0.39, 0.29) is 18.0 Å². The smallest absolute Gasteiger partial charge is 0.313 e. The molecule has 2 heteroatoms. The normalized spacial score (nSPS) is 43.3. The average molecular weight is 246 g/mol. The second-order valence-electron chi connectivity index (χ2n) is 5.94. The molecule has 2 fully saturated rings. The maximum absolute atomic E-state index is 12.0. The minimum Gasteiger partial charge on any atom is -0.462 e. The number of ether oxygens (including phenoxy) is 1. The summed E-state index contributed by atoms with van der Waals surface area (Å²) in [4.78, 5) is 12.0. The zero-order chi connectivity index (χ0) is 12.7. The van der Waals surface area contributed by atoms with Crippen LogP contribution in [0.3, 0.4) is 0 Å². The Morgan fingerprint density at radius 3 is 3.00 bits per heavy atom. The van der Waals surface area contributed by atoms with Gasteiger partial charge in [0.05, 0.1) is 5.92 Å². The summed E-state index contributed by atoms with van der Waals surface area (Å²) in [6, 6.07) is 0. The zero-order valence-corrected chi connectivity index (χ0v) is 11.3. The third-order valence-electron chi connectivity index (χ3n) is 4.96. The summed E-state index contributed by atoms with van der Waals surface area (Å²) >= 11 is 0. The summed E-state index contributed by atoms with van der Waals surface area (Å²) in [7, 11) is 0. The number of carbonyl (C=O) groups excluding carboxylic acids is 1. The number of carbonyl (C=O) groups is 1. The molecular formula is C16H22O2. The van der Waals surface area contributed by atoms with Gasteiger partial charge in [0.2, 0.25) is 0 Å². The summed E-state index contributed by atoms with van der Waals surface area (Å²) in [5.74, 6) is 1.54. The Hall–Kier alpha value is -1.05. The van der Waals surface area contributed by atoms with Crippen molar-refractivity contribution >= 4 is 5.97 Å². The van der Waals surface area contributed by atoms with Gasteiger partial charge in [0.25, 0.3) is 0 Å². The highest BCUT2D eigenvalue weighted by molar-refractivity contribution is 5.78. The first kappa shape index (κ1) is 12.0. The van der Waals surface area contributed by atoms with Gasteiger partial charge in [-0.1, -0.05) is 30.2 Å². The second kappa shape index (κ2) is 4.56. The van der Waals surface area contributed by atoms with Crippen LogP contribution in [0, 0.1) is 23.7 Å². The van der Waals surface area contributed by atoms with Crippen LogP contribution >= 0.6 is 0 Å². The molecule has 3 rings (SSSR count). The molecule has 1 saturated heterocycles. The topological polar surface area (TPSA) is 26.3 Å². The van der Waals surface area contributed by atoms with Crippen molar-refractivity contribution in [1.82, 2.24) is 0 Å². The molecule has 18 heavy (non-hydrogen) atoms. The van der Waals surface area contributed by atoms with Crippen LogP contribution in [-0.4, -0.2) is 12.1 Å². The molecule has 2 aliphatic carbocycles. The predicted molar refractivity (Wildman–Crippen MR) is 70.9 cm³/mol. The fraction of sp³-hybridized carbons (Fsp3) is 0.688. The fourth-order valence-electron chi connectivity index (χ4n) is 4.22. The van der Waals surface area contributed by atoms with Crippen molar-refractivity contribution in [3.63, 3.8) is 0 Å². The summed E-state index contributed by atoms with van der Waals surface area (Å²) in [6.07, 6.45) is 11.9. The number of allylic oxidation sites excluding steroid dienone is 3. The summed E-state index contributed by atoms with van der Waals surface area (Å²) < 4.78 is 5.47. The van der Waals surface area contributed by atoms with Crippen molar-refractivity contribution in [3.05, 3.63) is 23.8 Å². The summed E-state index contributed by atoms with van der Waals surface area (Å²) in [5.41, 5.74) is 1.52. The number of rotatable bonds is 1. The van der Waals surface area contributed by atoms with E-state index in [0.717, 1.165) is 0 Å². The second-order valence-corrected chi connectivity index (χ2v) is 5.94. The lowest BCUT2D eigenvalue weighted by molar-refractivity contribution is -0.142. The number of esters is 1. The Labute approximate surface area is 109 Å². The van der Waals surface area contributed by atoms with E-state index in [1.54, 1.807) is 0 Å². The molecule has 1 saturated carbocycles. The first-order valence-electron chi connectivity index (χ1n) is 7.26. The molecule has 5 atom stereocenters. The molecule has 0 bridgehead atoms. The summed E-state index contributed by atoms with van der Waals surface area (Å²) in [6.45, 7) is 4.14. The third-order valence-corrected chi connectivity index (χ3v) is 4.96. The highest BCUT2D eigenvalue weighted by Gasteiger charge is 2.50. The number of cyclic esters (lactones) is 1. The lowest BCUT2D eigenvalue weighted by Gasteiger charge is -2.40. The van der Waals surface area contributed by atoms with Crippen molar-refractivity contribution in [2.24, 2.45) is 23.7 Å². The minimum atomic E-state index is -0.00136. The maximum Gasteiger partial charge on any atom is 0.313 e. The maximum atomic E-state index is 12.0. The van der Waals surface area contributed by atoms with Gasteiger partial charge < -0.3 is 4.74 Å². The van der Waals surface area contributed by atoms with Crippen molar-refractivity contribution in [2.45, 2.75) is 45.6 Å². The quantitative estimate of drug-likeness (QED) is 0.523. The van der Waals surface area contributed by atoms with Gasteiger partial charge in [0.15, 0.2) is 0 Å². The Bertz CT molecular complexity index is 407. The van der Waals surface area contributed by atoms with Gasteiger partial charge in [-0.2, -0.15) is 0 Å². The van der Waals surface area contributed by atoms with E-state index < -0.39 is 0 Å². The van der Waals surface area contributed by atoms with E-state index in [9.17, 15) is 4.79 Å². The molecule has 2 nitrogen and oxygen atoms in total. The average Bonchev–Trinajstić information content (AvgIpc) is 2.65. The first-order valence-corrected chi connectivity index (χ1v) is 7.26. The van der Waals surface area contributed by atoms with Crippen LogP contribution in [0.25, 0.3) is 0 Å². The van der Waals surface area contributed by atoms with Crippen LogP contribution < -0.4 is 0 Å². The van der Waals surface area contributed by atoms with E-state index in [1.807, 2.05) is 0 Å². The molecular weight excluding hydrogens is 224 g/mol. The molecule has 0 spiro atoms. The van der Waals surface area contributed by atoms with Crippen LogP contribution in [0.15, 0.2) is 23.8 Å². The van der Waals surface area contributed by atoms with Gasteiger partial charge in [0, 0.05) is 5.92 Å². The van der Waals surface area contributed by atoms with Gasteiger partial charge in [-0.25, -0.2) is 0 Å². The van der Waals surface area contributed by atoms with E-state index in [1.165, 1.54) is 31.3 Å². The Balaban J connectivity index is 2.00. The van der Waals surface area contributed by atoms with Crippen molar-refractivity contribution in [3.8, 4) is 0 Å². The Morgan fingerprint density at radius 1 is 1.39 bits per heavy atom. The van der Waals surface area contributed by atoms with Crippen molar-refractivity contribution in [1.29, 1.82) is 0 Å². The first-order chi connectivity index (χ1) is 8.72. The Kier molecular flexibility index (Phi) is 3.04. The standard InChI is InChI=1S/C16H22O2/c1-3-6-13-12-8-5-4-7-11(12)9-14-15(13)10(2)18-16(14)17/h3,6,9-10,12-15H,4-5,7-8H2,1-2H3/b6-3+/t10-,12?,13?,14-,15+/m1/s1. The lowest BCUT2D eigenvalue weighted by atomic mass is 9.62. The molecule has 1 heterocycles. The molecule has 0 aromatic carbocycles. The highest BCUT2D eigenvalue weighted by Crippen LogP contribution is 2.50. The van der Waals surface area contributed by atoms with Crippen LogP contribution in [0.2, 0.25) is 0 Å². The van der Waals surface area contributed by atoms with Crippen molar-refractivity contribution < 1.29 is 9.53 Å². The van der Waals surface area contributed by atoms with Crippen LogP contribution in [0.1, 0.15) is 39.5 Å². The summed E-state index contributed by atoms with van der Waals surface area (Å²) in [5, 5.41) is 0. The molecule has 2 unspecified atom stereocenters. The Morgan fingerprint density at radius 2 is 2.22 bits per heavy atom. The number of hydrogen-bond acceptors (Lipinski definition) is 2. The number of fused-ring (bicyclic) bond motifs is 2. The van der Waals surface area contributed by atoms with Gasteiger partial charge in [0.1, 0.15) is 6.10 Å². The SMILES string of the molecule is C/C=C/C1C2CCCCC2=C[C@H]2C(=O)O[C@H](C)[C@@H]12. The molecule has 0 aromatic heterocycles. The fourth-order valence-corrected chi connectivity index (χ4v) is 4.22. The van der Waals surface area contributed by atoms with Crippen LogP contribution in [0.5, 0.6) is 0 Å². The van der Waals surface area contributed by atoms with Gasteiger partial charge in [-0.05, 0) is 44.9 Å². The van der Waals surface area contributed by atoms with Gasteiger partial charge >= 0.3 is 5.97 Å². The van der Waals surface area contributed by atoms with Gasteiger partial charge in [-0.3, -0.25) is 4.79 Å². The minimum absolute atomic E-state index is 0.00136. The largest absolute Gasteiger partial charge is 0.462 e. The number of hydrogen-bond donors (Lipinski definition) is 0. The zero-order valence-electron chi connectivity index (χ0n) is 11.3. The molecule has 0 aromatic rings. The van der Waals surface area contributed by atoms with Crippen LogP contribution in [-0.2, 0) is 9.53 Å². The van der Waals surface area contributed by atoms with E-state index >= 15 is 0 Å². The molecule has 3 aliphatic rings. The van der Waals surface area contributed by atoms with Crippen molar-refractivity contribution in [2.75, 3.05) is 0 Å². The van der Waals surface area contributed by atoms with E-state index in [2.05, 4.69) is 32.1 Å². The van der Waals surface area contributed by atoms with E-state index in [4.69, 9.17) is 4.74 Å². The monoisotopic (exact) mass is 246 g/mol. The van der Waals surface area contributed by atoms with E-state index in [0.29, 0.717) is 17.8 Å². The molecule has 0 radical (unpaired) electrons. The van der Waals surface area contributed by atoms with Crippen LogP contribution in [0.4, 0.5) is 0 Å².